The molecule has 3 rings (SSSR count). The minimum absolute atomic E-state index is 0.110. The van der Waals surface area contributed by atoms with Gasteiger partial charge in [0.15, 0.2) is 18.1 Å². The Bertz CT molecular complexity index is 1260. The second-order valence-corrected chi connectivity index (χ2v) is 9.64. The Balaban J connectivity index is 1.76. The van der Waals surface area contributed by atoms with Crippen molar-refractivity contribution in [3.8, 4) is 11.5 Å². The summed E-state index contributed by atoms with van der Waals surface area (Å²) in [6, 6.07) is 6.91. The van der Waals surface area contributed by atoms with Gasteiger partial charge in [0.1, 0.15) is 12.4 Å². The third-order valence-corrected chi connectivity index (χ3v) is 6.57. The lowest BCUT2D eigenvalue weighted by Crippen LogP contribution is -2.36. The summed E-state index contributed by atoms with van der Waals surface area (Å²) in [6.45, 7) is 1.26. The number of carbonyl (C=O) groups is 4. The molecule has 0 aliphatic carbocycles. The van der Waals surface area contributed by atoms with E-state index in [1.165, 1.54) is 25.3 Å². The quantitative estimate of drug-likeness (QED) is 0.237. The van der Waals surface area contributed by atoms with Gasteiger partial charge in [0, 0.05) is 5.69 Å². The molecule has 1 aliphatic rings. The van der Waals surface area contributed by atoms with E-state index in [0.29, 0.717) is 39.0 Å². The van der Waals surface area contributed by atoms with Gasteiger partial charge in [0.2, 0.25) is 5.91 Å². The first-order valence-electron chi connectivity index (χ1n) is 10.3. The molecule has 0 spiro atoms. The van der Waals surface area contributed by atoms with Crippen LogP contribution in [0.15, 0.2) is 35.2 Å². The summed E-state index contributed by atoms with van der Waals surface area (Å²) in [5.74, 6) is -1.81. The number of ether oxygens (including phenoxy) is 3. The van der Waals surface area contributed by atoms with Crippen LogP contribution in [0.25, 0.3) is 6.08 Å². The molecular formula is C23H19ClFIN2O7S. The van der Waals surface area contributed by atoms with Crippen LogP contribution in [0.1, 0.15) is 12.5 Å². The van der Waals surface area contributed by atoms with E-state index in [-0.39, 0.29) is 22.2 Å². The van der Waals surface area contributed by atoms with Gasteiger partial charge in [-0.15, -0.1) is 0 Å². The average Bonchev–Trinajstić information content (AvgIpc) is 3.08. The van der Waals surface area contributed by atoms with Gasteiger partial charge in [-0.2, -0.15) is 0 Å². The zero-order valence-electron chi connectivity index (χ0n) is 18.9. The van der Waals surface area contributed by atoms with Crippen LogP contribution < -0.4 is 14.8 Å². The number of halogens is 3. The number of hydrogen-bond acceptors (Lipinski definition) is 8. The van der Waals surface area contributed by atoms with Gasteiger partial charge >= 0.3 is 5.97 Å². The number of amides is 3. The molecule has 13 heteroatoms. The van der Waals surface area contributed by atoms with E-state index < -0.39 is 35.4 Å². The Morgan fingerprint density at radius 3 is 2.64 bits per heavy atom. The van der Waals surface area contributed by atoms with Crippen molar-refractivity contribution in [3.05, 3.63) is 55.2 Å². The van der Waals surface area contributed by atoms with Crippen molar-refractivity contribution in [1.29, 1.82) is 0 Å². The number of hydrogen-bond donors (Lipinski definition) is 1. The van der Waals surface area contributed by atoms with E-state index >= 15 is 0 Å². The van der Waals surface area contributed by atoms with Crippen LogP contribution in [0, 0.1) is 9.39 Å². The predicted molar refractivity (Wildman–Crippen MR) is 141 cm³/mol. The first-order valence-corrected chi connectivity index (χ1v) is 12.6. The lowest BCUT2D eigenvalue weighted by Gasteiger charge is -2.14. The van der Waals surface area contributed by atoms with E-state index in [4.69, 9.17) is 21.1 Å². The van der Waals surface area contributed by atoms with E-state index in [9.17, 15) is 23.6 Å². The number of methoxy groups -OCH3 is 1. The van der Waals surface area contributed by atoms with Crippen molar-refractivity contribution in [2.45, 2.75) is 6.92 Å². The zero-order valence-corrected chi connectivity index (χ0v) is 22.7. The highest BCUT2D eigenvalue weighted by Gasteiger charge is 2.36. The maximum Gasteiger partial charge on any atom is 0.343 e. The zero-order chi connectivity index (χ0) is 26.4. The Labute approximate surface area is 228 Å². The molecule has 0 radical (unpaired) electrons. The number of benzene rings is 2. The first kappa shape index (κ1) is 27.7. The van der Waals surface area contributed by atoms with Crippen LogP contribution in [-0.2, 0) is 19.1 Å². The summed E-state index contributed by atoms with van der Waals surface area (Å²) < 4.78 is 29.6. The lowest BCUT2D eigenvalue weighted by molar-refractivity contribution is -0.143. The average molecular weight is 649 g/mol. The Kier molecular flexibility index (Phi) is 9.56. The maximum atomic E-state index is 13.3. The molecule has 2 aromatic carbocycles. The third kappa shape index (κ3) is 6.89. The van der Waals surface area contributed by atoms with Gasteiger partial charge in [0.05, 0.1) is 27.2 Å². The predicted octanol–water partition coefficient (Wildman–Crippen LogP) is 4.71. The molecule has 1 N–H and O–H groups in total. The summed E-state index contributed by atoms with van der Waals surface area (Å²) in [5.41, 5.74) is 0.769. The highest BCUT2D eigenvalue weighted by atomic mass is 127. The van der Waals surface area contributed by atoms with Crippen LogP contribution in [-0.4, -0.2) is 54.8 Å². The highest BCUT2D eigenvalue weighted by molar-refractivity contribution is 14.1. The van der Waals surface area contributed by atoms with Gasteiger partial charge in [-0.25, -0.2) is 9.18 Å². The number of nitrogens with zero attached hydrogens (tertiary/aromatic N) is 1. The monoisotopic (exact) mass is 648 g/mol. The van der Waals surface area contributed by atoms with E-state index in [1.807, 2.05) is 22.6 Å². The molecule has 1 aliphatic heterocycles. The summed E-state index contributed by atoms with van der Waals surface area (Å²) >= 11 is 8.39. The molecule has 190 valence electrons. The van der Waals surface area contributed by atoms with Gasteiger partial charge in [-0.3, -0.25) is 19.3 Å². The van der Waals surface area contributed by atoms with E-state index in [1.54, 1.807) is 19.1 Å². The fourth-order valence-corrected chi connectivity index (χ4v) is 4.77. The smallest absolute Gasteiger partial charge is 0.343 e. The van der Waals surface area contributed by atoms with E-state index in [0.717, 1.165) is 11.0 Å². The van der Waals surface area contributed by atoms with Gasteiger partial charge in [-0.1, -0.05) is 11.6 Å². The van der Waals surface area contributed by atoms with Crippen molar-refractivity contribution in [2.75, 3.05) is 32.2 Å². The van der Waals surface area contributed by atoms with Gasteiger partial charge < -0.3 is 19.5 Å². The number of rotatable bonds is 9. The second kappa shape index (κ2) is 12.4. The summed E-state index contributed by atoms with van der Waals surface area (Å²) in [4.78, 5) is 50.0. The molecule has 36 heavy (non-hydrogen) atoms. The Morgan fingerprint density at radius 2 is 1.97 bits per heavy atom. The molecule has 0 atom stereocenters. The minimum atomic E-state index is -0.651. The summed E-state index contributed by atoms with van der Waals surface area (Å²) in [6.07, 6.45) is 1.50. The molecule has 1 heterocycles. The fraction of sp³-hybridized carbons (Fsp3) is 0.217. The molecule has 1 saturated heterocycles. The molecular weight excluding hydrogens is 630 g/mol. The number of imide groups is 1. The van der Waals surface area contributed by atoms with Gasteiger partial charge in [0.25, 0.3) is 11.1 Å². The Hall–Kier alpha value is -2.84. The first-order chi connectivity index (χ1) is 17.1. The summed E-state index contributed by atoms with van der Waals surface area (Å²) in [7, 11) is 1.25. The van der Waals surface area contributed by atoms with Crippen LogP contribution in [0.3, 0.4) is 0 Å². The molecule has 3 amide bonds. The lowest BCUT2D eigenvalue weighted by atomic mass is 10.2. The molecule has 1 fully saturated rings. The number of anilines is 1. The van der Waals surface area contributed by atoms with Gasteiger partial charge in [-0.05, 0) is 83.2 Å². The van der Waals surface area contributed by atoms with Crippen molar-refractivity contribution in [3.63, 3.8) is 0 Å². The molecule has 9 nitrogen and oxygen atoms in total. The van der Waals surface area contributed by atoms with Crippen molar-refractivity contribution < 1.29 is 37.8 Å². The maximum absolute atomic E-state index is 13.3. The largest absolute Gasteiger partial charge is 0.490 e. The van der Waals surface area contributed by atoms with Crippen molar-refractivity contribution >= 4 is 80.7 Å². The SMILES string of the molecule is CCOc1cc(/C=C2/SC(=O)N(CC(=O)Nc3ccc(F)c(Cl)c3)C2=O)cc(I)c1OCC(=O)OC. The van der Waals surface area contributed by atoms with E-state index in [2.05, 4.69) is 10.1 Å². The van der Waals surface area contributed by atoms with Crippen LogP contribution in [0.4, 0.5) is 14.9 Å². The number of esters is 1. The van der Waals surface area contributed by atoms with Crippen LogP contribution >= 0.6 is 46.0 Å². The number of carbonyl (C=O) groups excluding carboxylic acids is 4. The fourth-order valence-electron chi connectivity index (χ4n) is 2.97. The van der Waals surface area contributed by atoms with Crippen LogP contribution in [0.2, 0.25) is 5.02 Å². The Morgan fingerprint density at radius 1 is 1.22 bits per heavy atom. The third-order valence-electron chi connectivity index (χ3n) is 4.57. The number of thioether (sulfide) groups is 1. The molecule has 0 aromatic heterocycles. The molecule has 0 bridgehead atoms. The second-order valence-electron chi connectivity index (χ2n) is 7.07. The topological polar surface area (TPSA) is 111 Å². The minimum Gasteiger partial charge on any atom is -0.490 e. The summed E-state index contributed by atoms with van der Waals surface area (Å²) in [5, 5.41) is 1.68. The standard InChI is InChI=1S/C23H19ClFIN2O7S/c1-3-34-17-7-12(6-16(26)21(17)35-11-20(30)33-2)8-18-22(31)28(23(32)36-18)10-19(29)27-13-4-5-15(25)14(24)9-13/h4-9H,3,10-11H2,1-2H3,(H,27,29)/b18-8+. The van der Waals surface area contributed by atoms with Crippen molar-refractivity contribution in [2.24, 2.45) is 0 Å². The molecule has 0 saturated carbocycles. The molecule has 0 unspecified atom stereocenters. The number of nitrogens with one attached hydrogen (secondary N) is 1. The van der Waals surface area contributed by atoms with Crippen molar-refractivity contribution in [1.82, 2.24) is 4.90 Å². The highest BCUT2D eigenvalue weighted by Crippen LogP contribution is 2.37. The molecule has 2 aromatic rings. The van der Waals surface area contributed by atoms with Crippen LogP contribution in [0.5, 0.6) is 11.5 Å². The normalized spacial score (nSPS) is 14.2.